The monoisotopic (exact) mass is 326 g/mol. The number of hydrazone groups is 1. The fraction of sp³-hybridized carbons (Fsp3) is 0.154. The number of sulfonamides is 1. The standard InChI is InChI=1S/C13H14N2O4S2/c1-2-19-12-8-10(5-6-11(12)16)9-14-15-21(17,18)13-4-3-7-20-13/h3-9,15-16H,2H2,1H3/b14-9+. The molecule has 2 N–H and O–H groups in total. The number of hydrogen-bond acceptors (Lipinski definition) is 6. The zero-order valence-electron chi connectivity index (χ0n) is 11.2. The highest BCUT2D eigenvalue weighted by Gasteiger charge is 2.13. The van der Waals surface area contributed by atoms with E-state index in [0.29, 0.717) is 17.9 Å². The Morgan fingerprint density at radius 1 is 1.43 bits per heavy atom. The minimum Gasteiger partial charge on any atom is -0.504 e. The zero-order valence-corrected chi connectivity index (χ0v) is 12.8. The number of nitrogens with one attached hydrogen (secondary N) is 1. The molecule has 0 amide bonds. The number of phenols is 1. The second kappa shape index (κ2) is 6.59. The minimum absolute atomic E-state index is 0.0215. The Labute approximate surface area is 126 Å². The molecular weight excluding hydrogens is 312 g/mol. The van der Waals surface area contributed by atoms with Gasteiger partial charge in [0.15, 0.2) is 11.5 Å². The number of phenolic OH excluding ortho intramolecular Hbond substituents is 1. The molecule has 0 spiro atoms. The smallest absolute Gasteiger partial charge is 0.286 e. The Morgan fingerprint density at radius 2 is 2.24 bits per heavy atom. The van der Waals surface area contributed by atoms with E-state index in [2.05, 4.69) is 9.93 Å². The lowest BCUT2D eigenvalue weighted by atomic mass is 10.2. The summed E-state index contributed by atoms with van der Waals surface area (Å²) in [6.45, 7) is 2.22. The number of thiophene rings is 1. The largest absolute Gasteiger partial charge is 0.504 e. The van der Waals surface area contributed by atoms with E-state index in [1.807, 2.05) is 0 Å². The van der Waals surface area contributed by atoms with Crippen LogP contribution in [-0.4, -0.2) is 26.3 Å². The molecule has 1 aromatic heterocycles. The van der Waals surface area contributed by atoms with E-state index >= 15 is 0 Å². The Balaban J connectivity index is 2.10. The molecule has 0 aliphatic heterocycles. The van der Waals surface area contributed by atoms with Crippen LogP contribution in [-0.2, 0) is 10.0 Å². The van der Waals surface area contributed by atoms with Crippen molar-refractivity contribution in [3.63, 3.8) is 0 Å². The summed E-state index contributed by atoms with van der Waals surface area (Å²) in [5, 5.41) is 14.9. The van der Waals surface area contributed by atoms with Crippen LogP contribution in [0.5, 0.6) is 11.5 Å². The highest BCUT2D eigenvalue weighted by atomic mass is 32.2. The Bertz CT molecular complexity index is 725. The molecule has 1 heterocycles. The Hall–Kier alpha value is -2.06. The molecule has 2 aromatic rings. The van der Waals surface area contributed by atoms with Gasteiger partial charge in [0, 0.05) is 0 Å². The van der Waals surface area contributed by atoms with Crippen molar-refractivity contribution in [2.45, 2.75) is 11.1 Å². The second-order valence-electron chi connectivity index (χ2n) is 3.95. The van der Waals surface area contributed by atoms with Gasteiger partial charge in [-0.15, -0.1) is 11.3 Å². The van der Waals surface area contributed by atoms with Crippen molar-refractivity contribution in [1.82, 2.24) is 4.83 Å². The Kier molecular flexibility index (Phi) is 4.81. The number of benzene rings is 1. The molecule has 2 rings (SSSR count). The van der Waals surface area contributed by atoms with Crippen LogP contribution in [0.25, 0.3) is 0 Å². The van der Waals surface area contributed by atoms with Gasteiger partial charge >= 0.3 is 0 Å². The lowest BCUT2D eigenvalue weighted by Crippen LogP contribution is -2.17. The van der Waals surface area contributed by atoms with Gasteiger partial charge in [-0.3, -0.25) is 0 Å². The van der Waals surface area contributed by atoms with Crippen molar-refractivity contribution < 1.29 is 18.3 Å². The SMILES string of the molecule is CCOc1cc(/C=N/NS(=O)(=O)c2cccs2)ccc1O. The van der Waals surface area contributed by atoms with E-state index in [1.165, 1.54) is 18.3 Å². The van der Waals surface area contributed by atoms with Crippen molar-refractivity contribution >= 4 is 27.6 Å². The summed E-state index contributed by atoms with van der Waals surface area (Å²) in [6.07, 6.45) is 1.34. The fourth-order valence-corrected chi connectivity index (χ4v) is 3.29. The van der Waals surface area contributed by atoms with Crippen LogP contribution in [0.1, 0.15) is 12.5 Å². The first-order chi connectivity index (χ1) is 10.0. The van der Waals surface area contributed by atoms with Gasteiger partial charge in [-0.2, -0.15) is 18.4 Å². The quantitative estimate of drug-likeness (QED) is 0.629. The van der Waals surface area contributed by atoms with Gasteiger partial charge in [-0.25, -0.2) is 0 Å². The summed E-state index contributed by atoms with van der Waals surface area (Å²) >= 11 is 1.11. The van der Waals surface area contributed by atoms with Gasteiger partial charge in [0.2, 0.25) is 0 Å². The predicted octanol–water partition coefficient (Wildman–Crippen LogP) is 2.16. The van der Waals surface area contributed by atoms with Gasteiger partial charge in [-0.05, 0) is 42.1 Å². The molecule has 0 fully saturated rings. The molecule has 0 saturated heterocycles. The zero-order chi connectivity index (χ0) is 15.3. The van der Waals surface area contributed by atoms with E-state index in [1.54, 1.807) is 30.5 Å². The summed E-state index contributed by atoms with van der Waals surface area (Å²) in [6, 6.07) is 7.77. The average Bonchev–Trinajstić information content (AvgIpc) is 2.97. The molecule has 21 heavy (non-hydrogen) atoms. The maximum absolute atomic E-state index is 11.8. The molecule has 0 bridgehead atoms. The second-order valence-corrected chi connectivity index (χ2v) is 6.78. The van der Waals surface area contributed by atoms with Crippen molar-refractivity contribution in [2.75, 3.05) is 6.61 Å². The van der Waals surface area contributed by atoms with Crippen LogP contribution in [0.3, 0.4) is 0 Å². The predicted molar refractivity (Wildman–Crippen MR) is 81.5 cm³/mol. The third kappa shape index (κ3) is 3.96. The van der Waals surface area contributed by atoms with E-state index in [0.717, 1.165) is 11.3 Å². The van der Waals surface area contributed by atoms with Gasteiger partial charge in [0.05, 0.1) is 12.8 Å². The van der Waals surface area contributed by atoms with Crippen LogP contribution in [0.4, 0.5) is 0 Å². The lowest BCUT2D eigenvalue weighted by molar-refractivity contribution is 0.318. The third-order valence-corrected chi connectivity index (χ3v) is 5.05. The minimum atomic E-state index is -3.63. The molecule has 0 aliphatic rings. The van der Waals surface area contributed by atoms with Gasteiger partial charge < -0.3 is 9.84 Å². The summed E-state index contributed by atoms with van der Waals surface area (Å²) in [4.78, 5) is 2.12. The lowest BCUT2D eigenvalue weighted by Gasteiger charge is -2.06. The van der Waals surface area contributed by atoms with Gasteiger partial charge in [0.25, 0.3) is 10.0 Å². The first kappa shape index (κ1) is 15.3. The summed E-state index contributed by atoms with van der Waals surface area (Å²) in [5.41, 5.74) is 0.602. The van der Waals surface area contributed by atoms with Crippen molar-refractivity contribution in [3.8, 4) is 11.5 Å². The molecule has 0 atom stereocenters. The number of hydrogen-bond donors (Lipinski definition) is 2. The van der Waals surface area contributed by atoms with E-state index in [9.17, 15) is 13.5 Å². The van der Waals surface area contributed by atoms with Crippen LogP contribution >= 0.6 is 11.3 Å². The number of ether oxygens (including phenoxy) is 1. The number of rotatable bonds is 6. The van der Waals surface area contributed by atoms with Gasteiger partial charge in [0.1, 0.15) is 4.21 Å². The molecule has 112 valence electrons. The van der Waals surface area contributed by atoms with Gasteiger partial charge in [-0.1, -0.05) is 6.07 Å². The normalized spacial score (nSPS) is 11.7. The highest BCUT2D eigenvalue weighted by molar-refractivity contribution is 7.91. The van der Waals surface area contributed by atoms with E-state index in [-0.39, 0.29) is 9.96 Å². The molecule has 1 aromatic carbocycles. The van der Waals surface area contributed by atoms with E-state index in [4.69, 9.17) is 4.74 Å². The Morgan fingerprint density at radius 3 is 2.90 bits per heavy atom. The molecule has 0 saturated carbocycles. The summed E-state index contributed by atoms with van der Waals surface area (Å²) < 4.78 is 29.1. The molecule has 0 aliphatic carbocycles. The average molecular weight is 326 g/mol. The third-order valence-electron chi connectivity index (χ3n) is 2.43. The number of aromatic hydroxyl groups is 1. The van der Waals surface area contributed by atoms with Crippen molar-refractivity contribution in [1.29, 1.82) is 0 Å². The molecule has 0 radical (unpaired) electrons. The maximum Gasteiger partial charge on any atom is 0.286 e. The van der Waals surface area contributed by atoms with E-state index < -0.39 is 10.0 Å². The molecule has 6 nitrogen and oxygen atoms in total. The highest BCUT2D eigenvalue weighted by Crippen LogP contribution is 2.26. The first-order valence-electron chi connectivity index (χ1n) is 6.07. The summed E-state index contributed by atoms with van der Waals surface area (Å²) in [7, 11) is -3.63. The summed E-state index contributed by atoms with van der Waals surface area (Å²) in [5.74, 6) is 0.343. The first-order valence-corrected chi connectivity index (χ1v) is 8.43. The molecule has 0 unspecified atom stereocenters. The van der Waals surface area contributed by atoms with Crippen LogP contribution in [0.15, 0.2) is 45.0 Å². The topological polar surface area (TPSA) is 88.0 Å². The van der Waals surface area contributed by atoms with Crippen LogP contribution in [0, 0.1) is 0 Å². The van der Waals surface area contributed by atoms with Crippen molar-refractivity contribution in [2.24, 2.45) is 5.10 Å². The fourth-order valence-electron chi connectivity index (χ4n) is 1.51. The van der Waals surface area contributed by atoms with Crippen LogP contribution < -0.4 is 9.57 Å². The molecule has 8 heteroatoms. The number of nitrogens with zero attached hydrogens (tertiary/aromatic N) is 1. The van der Waals surface area contributed by atoms with Crippen LogP contribution in [0.2, 0.25) is 0 Å². The van der Waals surface area contributed by atoms with Crippen molar-refractivity contribution in [3.05, 3.63) is 41.3 Å². The molecular formula is C13H14N2O4S2. The maximum atomic E-state index is 11.8.